The molecule has 2 saturated heterocycles. The van der Waals surface area contributed by atoms with Crippen LogP contribution in [-0.2, 0) is 4.79 Å². The van der Waals surface area contributed by atoms with Crippen molar-refractivity contribution in [1.82, 2.24) is 34.4 Å². The van der Waals surface area contributed by atoms with Gasteiger partial charge in [-0.3, -0.25) is 14.6 Å². The molecule has 0 radical (unpaired) electrons. The predicted octanol–water partition coefficient (Wildman–Crippen LogP) is 5.82. The van der Waals surface area contributed by atoms with Gasteiger partial charge in [0.25, 0.3) is 5.91 Å². The van der Waals surface area contributed by atoms with Gasteiger partial charge in [-0.2, -0.15) is 10.4 Å². The fourth-order valence-electron chi connectivity index (χ4n) is 6.83. The van der Waals surface area contributed by atoms with Gasteiger partial charge in [-0.05, 0) is 71.2 Å². The fraction of sp³-hybridized carbons (Fsp3) is 0.432. The summed E-state index contributed by atoms with van der Waals surface area (Å²) in [4.78, 5) is 29.0. The predicted molar refractivity (Wildman–Crippen MR) is 187 cm³/mol. The maximum absolute atomic E-state index is 15.7. The molecule has 11 nitrogen and oxygen atoms in total. The summed E-state index contributed by atoms with van der Waals surface area (Å²) in [5.74, 6) is 0.301. The van der Waals surface area contributed by atoms with Crippen molar-refractivity contribution in [3.63, 3.8) is 0 Å². The van der Waals surface area contributed by atoms with Crippen molar-refractivity contribution >= 4 is 22.8 Å². The molecule has 2 aromatic carbocycles. The molecule has 0 saturated carbocycles. The van der Waals surface area contributed by atoms with Crippen LogP contribution < -0.4 is 10.5 Å². The lowest BCUT2D eigenvalue weighted by atomic mass is 9.95. The molecule has 0 bridgehead atoms. The third-order valence-corrected chi connectivity index (χ3v) is 9.78. The zero-order valence-electron chi connectivity index (χ0n) is 28.6. The minimum Gasteiger partial charge on any atom is -0.457 e. The summed E-state index contributed by atoms with van der Waals surface area (Å²) < 4.78 is 23.2. The van der Waals surface area contributed by atoms with E-state index in [-0.39, 0.29) is 34.4 Å². The summed E-state index contributed by atoms with van der Waals surface area (Å²) in [6.07, 6.45) is 5.17. The molecule has 1 atom stereocenters. The highest BCUT2D eigenvalue weighted by molar-refractivity contribution is 5.99. The third-order valence-electron chi connectivity index (χ3n) is 9.78. The SMILES string of the molecule is CC(C)N1CCN(C(C)(C)C/C=C(\C#N)C(=O)N2CCC[C@@H](n3nc(-c4ccc(Oc5ccccc5)cc4F)c4c(N)ncnc43)C2)CC1. The number of para-hydroxylation sites is 1. The highest BCUT2D eigenvalue weighted by Gasteiger charge is 2.33. The van der Waals surface area contributed by atoms with Crippen molar-refractivity contribution in [2.75, 3.05) is 45.0 Å². The average molecular weight is 666 g/mol. The molecule has 49 heavy (non-hydrogen) atoms. The van der Waals surface area contributed by atoms with E-state index in [1.165, 1.54) is 12.4 Å². The standard InChI is InChI=1S/C37H44FN9O2/c1-25(2)44-17-19-46(20-18-44)37(3,4)15-14-26(22-39)36(48)45-16-8-9-27(23-45)47-35-32(34(40)41-24-42-35)33(43-47)30-13-12-29(21-31(30)38)49-28-10-6-5-7-11-28/h5-7,10-14,21,24-25,27H,8-9,15-20,23H2,1-4H3,(H2,40,41,42)/b26-14+/t27-/m1/s1. The van der Waals surface area contributed by atoms with Crippen molar-refractivity contribution in [3.05, 3.63) is 72.3 Å². The first-order chi connectivity index (χ1) is 23.6. The van der Waals surface area contributed by atoms with Crippen LogP contribution in [0, 0.1) is 17.1 Å². The van der Waals surface area contributed by atoms with Crippen molar-refractivity contribution in [1.29, 1.82) is 5.26 Å². The van der Waals surface area contributed by atoms with E-state index in [1.807, 2.05) is 18.2 Å². The Morgan fingerprint density at radius 1 is 1.10 bits per heavy atom. The molecule has 2 aromatic heterocycles. The quantitative estimate of drug-likeness (QED) is 0.174. The second-order valence-corrected chi connectivity index (χ2v) is 13.7. The Morgan fingerprint density at radius 2 is 1.86 bits per heavy atom. The number of rotatable bonds is 9. The summed E-state index contributed by atoms with van der Waals surface area (Å²) in [5.41, 5.74) is 7.29. The number of amides is 1. The van der Waals surface area contributed by atoms with E-state index in [2.05, 4.69) is 53.5 Å². The van der Waals surface area contributed by atoms with Crippen LogP contribution in [0.2, 0.25) is 0 Å². The van der Waals surface area contributed by atoms with E-state index in [0.29, 0.717) is 60.2 Å². The number of hydrogen-bond donors (Lipinski definition) is 1. The minimum absolute atomic E-state index is 0.145. The van der Waals surface area contributed by atoms with Crippen LogP contribution in [0.5, 0.6) is 11.5 Å². The molecular formula is C37H44FN9O2. The van der Waals surface area contributed by atoms with E-state index < -0.39 is 5.82 Å². The number of ether oxygens (including phenoxy) is 1. The number of hydrogen-bond acceptors (Lipinski definition) is 9. The molecule has 2 aliphatic heterocycles. The Balaban J connectivity index is 1.21. The number of nitrogens with two attached hydrogens (primary N) is 1. The summed E-state index contributed by atoms with van der Waals surface area (Å²) in [7, 11) is 0. The van der Waals surface area contributed by atoms with Crippen LogP contribution in [0.1, 0.15) is 53.0 Å². The Labute approximate surface area is 286 Å². The highest BCUT2D eigenvalue weighted by atomic mass is 19.1. The van der Waals surface area contributed by atoms with Crippen LogP contribution in [0.3, 0.4) is 0 Å². The average Bonchev–Trinajstić information content (AvgIpc) is 3.50. The zero-order chi connectivity index (χ0) is 34.7. The van der Waals surface area contributed by atoms with Crippen molar-refractivity contribution in [2.45, 2.75) is 64.6 Å². The highest BCUT2D eigenvalue weighted by Crippen LogP contribution is 2.36. The summed E-state index contributed by atoms with van der Waals surface area (Å²) in [5, 5.41) is 15.3. The van der Waals surface area contributed by atoms with Gasteiger partial charge < -0.3 is 15.4 Å². The summed E-state index contributed by atoms with van der Waals surface area (Å²) >= 11 is 0. The lowest BCUT2D eigenvalue weighted by molar-refractivity contribution is -0.128. The number of aromatic nitrogens is 4. The summed E-state index contributed by atoms with van der Waals surface area (Å²) in [6, 6.07) is 16.2. The van der Waals surface area contributed by atoms with E-state index in [0.717, 1.165) is 32.6 Å². The van der Waals surface area contributed by atoms with E-state index in [4.69, 9.17) is 15.6 Å². The van der Waals surface area contributed by atoms with Gasteiger partial charge >= 0.3 is 0 Å². The Morgan fingerprint density at radius 3 is 2.55 bits per heavy atom. The van der Waals surface area contributed by atoms with E-state index in [9.17, 15) is 10.1 Å². The second-order valence-electron chi connectivity index (χ2n) is 13.7. The van der Waals surface area contributed by atoms with Gasteiger partial charge in [-0.15, -0.1) is 0 Å². The Bertz CT molecular complexity index is 1870. The molecule has 0 aliphatic carbocycles. The number of nitrogen functional groups attached to an aromatic ring is 1. The number of fused-ring (bicyclic) bond motifs is 1. The van der Waals surface area contributed by atoms with Gasteiger partial charge in [-0.25, -0.2) is 19.0 Å². The zero-order valence-corrected chi connectivity index (χ0v) is 28.6. The smallest absolute Gasteiger partial charge is 0.264 e. The van der Waals surface area contributed by atoms with Gasteiger partial charge in [-0.1, -0.05) is 24.3 Å². The van der Waals surface area contributed by atoms with Gasteiger partial charge in [0.1, 0.15) is 46.8 Å². The number of carbonyl (C=O) groups excluding carboxylic acids is 1. The first kappa shape index (κ1) is 34.0. The Kier molecular flexibility index (Phi) is 9.94. The van der Waals surface area contributed by atoms with Crippen molar-refractivity contribution in [2.24, 2.45) is 0 Å². The number of piperazine rings is 1. The number of nitriles is 1. The van der Waals surface area contributed by atoms with Crippen LogP contribution in [0.25, 0.3) is 22.3 Å². The first-order valence-electron chi connectivity index (χ1n) is 17.0. The van der Waals surface area contributed by atoms with Gasteiger partial charge in [0.15, 0.2) is 5.65 Å². The normalized spacial score (nSPS) is 18.2. The molecule has 4 aromatic rings. The number of piperidine rings is 1. The second kappa shape index (κ2) is 14.3. The third kappa shape index (κ3) is 7.28. The summed E-state index contributed by atoms with van der Waals surface area (Å²) in [6.45, 7) is 13.5. The lowest BCUT2D eigenvalue weighted by Gasteiger charge is -2.45. The molecule has 1 amide bonds. The largest absolute Gasteiger partial charge is 0.457 e. The van der Waals surface area contributed by atoms with Gasteiger partial charge in [0, 0.05) is 62.5 Å². The van der Waals surface area contributed by atoms with Crippen LogP contribution in [-0.4, -0.2) is 91.2 Å². The van der Waals surface area contributed by atoms with Crippen molar-refractivity contribution in [3.8, 4) is 28.8 Å². The molecule has 256 valence electrons. The molecule has 0 spiro atoms. The van der Waals surface area contributed by atoms with Crippen molar-refractivity contribution < 1.29 is 13.9 Å². The Hall–Kier alpha value is -4.86. The van der Waals surface area contributed by atoms with Crippen LogP contribution >= 0.6 is 0 Å². The molecule has 2 fully saturated rings. The van der Waals surface area contributed by atoms with Gasteiger partial charge in [0.05, 0.1) is 11.4 Å². The van der Waals surface area contributed by atoms with Crippen LogP contribution in [0.4, 0.5) is 10.2 Å². The number of nitrogens with zero attached hydrogens (tertiary/aromatic N) is 8. The molecule has 2 aliphatic rings. The monoisotopic (exact) mass is 665 g/mol. The van der Waals surface area contributed by atoms with E-state index >= 15 is 4.39 Å². The number of benzene rings is 2. The minimum atomic E-state index is -0.530. The number of likely N-dealkylation sites (tertiary alicyclic amines) is 1. The molecule has 2 N–H and O–H groups in total. The van der Waals surface area contributed by atoms with Crippen LogP contribution in [0.15, 0.2) is 66.5 Å². The number of carbonyl (C=O) groups is 1. The number of anilines is 1. The van der Waals surface area contributed by atoms with Gasteiger partial charge in [0.2, 0.25) is 0 Å². The fourth-order valence-corrected chi connectivity index (χ4v) is 6.83. The maximum Gasteiger partial charge on any atom is 0.264 e. The molecular weight excluding hydrogens is 621 g/mol. The molecule has 4 heterocycles. The lowest BCUT2D eigenvalue weighted by Crippen LogP contribution is -2.55. The topological polar surface area (TPSA) is 129 Å². The molecule has 12 heteroatoms. The number of halogens is 1. The molecule has 0 unspecified atom stereocenters. The molecule has 6 rings (SSSR count). The maximum atomic E-state index is 15.7. The van der Waals surface area contributed by atoms with E-state index in [1.54, 1.807) is 39.9 Å². The first-order valence-corrected chi connectivity index (χ1v) is 17.0.